The number of aromatic nitrogens is 2. The molecule has 2 aromatic carbocycles. The summed E-state index contributed by atoms with van der Waals surface area (Å²) < 4.78 is 32.2. The van der Waals surface area contributed by atoms with E-state index >= 15 is 0 Å². The first kappa shape index (κ1) is 19.3. The standard InChI is InChI=1S/C18H14ClF2N3O2S/c1-10(14-7-6-13(20)8-15(14)21)22-16(25)9-27-18-24-23-17(26-18)11-2-4-12(19)5-3-11/h2-8,10H,9H2,1H3,(H,22,25)/t10-/m1/s1. The molecule has 3 rings (SSSR count). The van der Waals surface area contributed by atoms with E-state index in [1.807, 2.05) is 0 Å². The Labute approximate surface area is 163 Å². The Hall–Kier alpha value is -2.45. The predicted molar refractivity (Wildman–Crippen MR) is 98.4 cm³/mol. The zero-order chi connectivity index (χ0) is 19.4. The number of carbonyl (C=O) groups excluding carboxylic acids is 1. The molecule has 27 heavy (non-hydrogen) atoms. The van der Waals surface area contributed by atoms with Crippen molar-refractivity contribution in [2.45, 2.75) is 18.2 Å². The lowest BCUT2D eigenvalue weighted by Crippen LogP contribution is -2.28. The molecule has 0 bridgehead atoms. The number of amides is 1. The molecule has 0 aliphatic rings. The Bertz CT molecular complexity index is 950. The molecule has 1 amide bonds. The van der Waals surface area contributed by atoms with Crippen molar-refractivity contribution in [2.24, 2.45) is 0 Å². The molecule has 3 aromatic rings. The van der Waals surface area contributed by atoms with Gasteiger partial charge in [-0.05, 0) is 37.3 Å². The number of carbonyl (C=O) groups is 1. The summed E-state index contributed by atoms with van der Waals surface area (Å²) in [5.41, 5.74) is 0.918. The average Bonchev–Trinajstić information content (AvgIpc) is 3.09. The summed E-state index contributed by atoms with van der Waals surface area (Å²) in [5, 5.41) is 11.3. The smallest absolute Gasteiger partial charge is 0.277 e. The van der Waals surface area contributed by atoms with E-state index < -0.39 is 17.7 Å². The van der Waals surface area contributed by atoms with Crippen molar-refractivity contribution in [3.05, 3.63) is 64.7 Å². The van der Waals surface area contributed by atoms with Gasteiger partial charge in [-0.15, -0.1) is 10.2 Å². The molecule has 0 unspecified atom stereocenters. The lowest BCUT2D eigenvalue weighted by molar-refractivity contribution is -0.119. The molecule has 0 saturated heterocycles. The van der Waals surface area contributed by atoms with E-state index in [1.54, 1.807) is 31.2 Å². The topological polar surface area (TPSA) is 68.0 Å². The SMILES string of the molecule is C[C@@H](NC(=O)CSc1nnc(-c2ccc(Cl)cc2)o1)c1ccc(F)cc1F. The van der Waals surface area contributed by atoms with Crippen molar-refractivity contribution in [2.75, 3.05) is 5.75 Å². The monoisotopic (exact) mass is 409 g/mol. The molecule has 0 saturated carbocycles. The molecule has 0 aliphatic heterocycles. The number of rotatable bonds is 6. The van der Waals surface area contributed by atoms with Gasteiger partial charge in [-0.2, -0.15) is 0 Å². The van der Waals surface area contributed by atoms with Crippen molar-refractivity contribution in [3.8, 4) is 11.5 Å². The summed E-state index contributed by atoms with van der Waals surface area (Å²) in [4.78, 5) is 12.1. The molecule has 140 valence electrons. The number of thioether (sulfide) groups is 1. The molecule has 1 atom stereocenters. The number of nitrogens with one attached hydrogen (secondary N) is 1. The van der Waals surface area contributed by atoms with E-state index in [4.69, 9.17) is 16.0 Å². The molecular formula is C18H14ClF2N3O2S. The molecule has 9 heteroatoms. The van der Waals surface area contributed by atoms with Gasteiger partial charge >= 0.3 is 0 Å². The van der Waals surface area contributed by atoms with Gasteiger partial charge in [-0.25, -0.2) is 8.78 Å². The highest BCUT2D eigenvalue weighted by Gasteiger charge is 2.16. The van der Waals surface area contributed by atoms with Crippen LogP contribution in [0.3, 0.4) is 0 Å². The summed E-state index contributed by atoms with van der Waals surface area (Å²) in [5.74, 6) is -1.40. The van der Waals surface area contributed by atoms with Crippen LogP contribution in [-0.4, -0.2) is 21.9 Å². The largest absolute Gasteiger partial charge is 0.411 e. The molecule has 0 fully saturated rings. The molecular weight excluding hydrogens is 396 g/mol. The van der Waals surface area contributed by atoms with Crippen LogP contribution in [0.4, 0.5) is 8.78 Å². The number of nitrogens with zero attached hydrogens (tertiary/aromatic N) is 2. The maximum Gasteiger partial charge on any atom is 0.277 e. The zero-order valence-corrected chi connectivity index (χ0v) is 15.7. The maximum absolute atomic E-state index is 13.8. The van der Waals surface area contributed by atoms with E-state index in [0.29, 0.717) is 16.5 Å². The molecule has 1 aromatic heterocycles. The number of benzene rings is 2. The molecule has 5 nitrogen and oxygen atoms in total. The third-order valence-corrected chi connectivity index (χ3v) is 4.70. The summed E-state index contributed by atoms with van der Waals surface area (Å²) in [6.07, 6.45) is 0. The molecule has 0 radical (unpaired) electrons. The molecule has 1 heterocycles. The molecule has 0 aliphatic carbocycles. The summed E-state index contributed by atoms with van der Waals surface area (Å²) in [7, 11) is 0. The van der Waals surface area contributed by atoms with Crippen molar-refractivity contribution >= 4 is 29.3 Å². The number of hydrogen-bond donors (Lipinski definition) is 1. The van der Waals surface area contributed by atoms with Gasteiger partial charge in [0.2, 0.25) is 11.8 Å². The third kappa shape index (κ3) is 5.05. The van der Waals surface area contributed by atoms with Crippen LogP contribution in [0.15, 0.2) is 52.1 Å². The van der Waals surface area contributed by atoms with Gasteiger partial charge < -0.3 is 9.73 Å². The van der Waals surface area contributed by atoms with E-state index in [-0.39, 0.29) is 22.4 Å². The van der Waals surface area contributed by atoms with Crippen LogP contribution in [0, 0.1) is 11.6 Å². The molecule has 1 N–H and O–H groups in total. The quantitative estimate of drug-likeness (QED) is 0.601. The predicted octanol–water partition coefficient (Wildman–Crippen LogP) is 4.64. The lowest BCUT2D eigenvalue weighted by Gasteiger charge is -2.14. The van der Waals surface area contributed by atoms with Crippen LogP contribution in [0.25, 0.3) is 11.5 Å². The van der Waals surface area contributed by atoms with Crippen molar-refractivity contribution in [1.82, 2.24) is 15.5 Å². The Balaban J connectivity index is 1.55. The van der Waals surface area contributed by atoms with Gasteiger partial charge in [0.1, 0.15) is 11.6 Å². The first-order valence-corrected chi connectivity index (χ1v) is 9.25. The van der Waals surface area contributed by atoms with Gasteiger partial charge in [-0.1, -0.05) is 29.4 Å². The second-order valence-electron chi connectivity index (χ2n) is 5.62. The highest BCUT2D eigenvalue weighted by Crippen LogP contribution is 2.24. The van der Waals surface area contributed by atoms with E-state index in [2.05, 4.69) is 15.5 Å². The van der Waals surface area contributed by atoms with Crippen LogP contribution >= 0.6 is 23.4 Å². The van der Waals surface area contributed by atoms with Gasteiger partial charge in [0, 0.05) is 22.2 Å². The van der Waals surface area contributed by atoms with Gasteiger partial charge in [-0.3, -0.25) is 4.79 Å². The third-order valence-electron chi connectivity index (χ3n) is 3.63. The first-order valence-electron chi connectivity index (χ1n) is 7.89. The minimum Gasteiger partial charge on any atom is -0.411 e. The second-order valence-corrected chi connectivity index (χ2v) is 6.99. The second kappa shape index (κ2) is 8.49. The number of hydrogen-bond acceptors (Lipinski definition) is 5. The maximum atomic E-state index is 13.8. The lowest BCUT2D eigenvalue weighted by atomic mass is 10.1. The van der Waals surface area contributed by atoms with Crippen LogP contribution < -0.4 is 5.32 Å². The minimum absolute atomic E-state index is 0.00933. The zero-order valence-electron chi connectivity index (χ0n) is 14.1. The van der Waals surface area contributed by atoms with Crippen LogP contribution in [0.1, 0.15) is 18.5 Å². The fourth-order valence-corrected chi connectivity index (χ4v) is 3.02. The fourth-order valence-electron chi connectivity index (χ4n) is 2.32. The normalized spacial score (nSPS) is 12.0. The summed E-state index contributed by atoms with van der Waals surface area (Å²) >= 11 is 6.89. The van der Waals surface area contributed by atoms with Gasteiger partial charge in [0.25, 0.3) is 5.22 Å². The highest BCUT2D eigenvalue weighted by molar-refractivity contribution is 7.99. The Morgan fingerprint density at radius 3 is 2.67 bits per heavy atom. The van der Waals surface area contributed by atoms with Crippen molar-refractivity contribution in [3.63, 3.8) is 0 Å². The van der Waals surface area contributed by atoms with Crippen LogP contribution in [0.2, 0.25) is 5.02 Å². The van der Waals surface area contributed by atoms with Crippen LogP contribution in [0.5, 0.6) is 0 Å². The van der Waals surface area contributed by atoms with E-state index in [9.17, 15) is 13.6 Å². The number of halogens is 3. The van der Waals surface area contributed by atoms with Gasteiger partial charge in [0.05, 0.1) is 11.8 Å². The van der Waals surface area contributed by atoms with E-state index in [1.165, 1.54) is 6.07 Å². The fraction of sp³-hybridized carbons (Fsp3) is 0.167. The minimum atomic E-state index is -0.708. The van der Waals surface area contributed by atoms with E-state index in [0.717, 1.165) is 23.9 Å². The summed E-state index contributed by atoms with van der Waals surface area (Å²) in [6.45, 7) is 1.62. The summed E-state index contributed by atoms with van der Waals surface area (Å²) in [6, 6.07) is 9.53. The Morgan fingerprint density at radius 2 is 1.96 bits per heavy atom. The van der Waals surface area contributed by atoms with Crippen LogP contribution in [-0.2, 0) is 4.79 Å². The first-order chi connectivity index (χ1) is 12.9. The molecule has 0 spiro atoms. The van der Waals surface area contributed by atoms with Gasteiger partial charge in [0.15, 0.2) is 0 Å². The Morgan fingerprint density at radius 1 is 1.22 bits per heavy atom. The Kier molecular flexibility index (Phi) is 6.08. The average molecular weight is 410 g/mol. The van der Waals surface area contributed by atoms with Crippen molar-refractivity contribution < 1.29 is 18.0 Å². The highest BCUT2D eigenvalue weighted by atomic mass is 35.5. The van der Waals surface area contributed by atoms with Crippen molar-refractivity contribution in [1.29, 1.82) is 0 Å².